The summed E-state index contributed by atoms with van der Waals surface area (Å²) in [6.07, 6.45) is -0.210. The molecule has 0 saturated carbocycles. The largest absolute Gasteiger partial charge is 0.444 e. The van der Waals surface area contributed by atoms with Gasteiger partial charge in [-0.15, -0.1) is 0 Å². The Bertz CT molecular complexity index is 215. The van der Waals surface area contributed by atoms with Gasteiger partial charge in [0.15, 0.2) is 0 Å². The van der Waals surface area contributed by atoms with Crippen molar-refractivity contribution in [1.82, 2.24) is 10.2 Å². The Morgan fingerprint density at radius 2 is 2.21 bits per heavy atom. The summed E-state index contributed by atoms with van der Waals surface area (Å²) in [7, 11) is 0. The lowest BCUT2D eigenvalue weighted by Crippen LogP contribution is -2.52. The highest BCUT2D eigenvalue weighted by Gasteiger charge is 2.28. The molecule has 0 aromatic rings. The van der Waals surface area contributed by atoms with Crippen molar-refractivity contribution in [2.75, 3.05) is 19.6 Å². The maximum absolute atomic E-state index is 11.7. The smallest absolute Gasteiger partial charge is 0.411 e. The van der Waals surface area contributed by atoms with Crippen LogP contribution in [0.2, 0.25) is 0 Å². The van der Waals surface area contributed by atoms with Crippen LogP contribution in [0.25, 0.3) is 0 Å². The number of halogens is 1. The van der Waals surface area contributed by atoms with Crippen molar-refractivity contribution in [2.24, 2.45) is 0 Å². The van der Waals surface area contributed by atoms with E-state index in [-0.39, 0.29) is 10.1 Å². The summed E-state index contributed by atoms with van der Waals surface area (Å²) in [4.78, 5) is 13.5. The molecule has 4 nitrogen and oxygen atoms in total. The molecule has 0 radical (unpaired) electrons. The van der Waals surface area contributed by atoms with Crippen molar-refractivity contribution in [1.29, 1.82) is 0 Å². The summed E-state index contributed by atoms with van der Waals surface area (Å²) < 4.78 is 5.49. The van der Waals surface area contributed by atoms with Gasteiger partial charge in [-0.25, -0.2) is 4.79 Å². The molecule has 1 rings (SSSR count). The molecule has 1 heterocycles. The number of hydrogen-bond acceptors (Lipinski definition) is 3. The molecule has 1 amide bonds. The molecule has 0 aliphatic carbocycles. The normalized spacial score (nSPS) is 23.4. The molecule has 14 heavy (non-hydrogen) atoms. The molecule has 5 heteroatoms. The predicted molar refractivity (Wildman–Crippen MR) is 63.6 cm³/mol. The highest BCUT2D eigenvalue weighted by Crippen LogP contribution is 2.16. The van der Waals surface area contributed by atoms with Gasteiger partial charge in [-0.05, 0) is 20.8 Å². The van der Waals surface area contributed by atoms with Crippen LogP contribution in [0.4, 0.5) is 4.79 Å². The highest BCUT2D eigenvalue weighted by atomic mass is 127. The molecule has 0 spiro atoms. The molecular formula is C9H17IN2O2. The second-order valence-electron chi connectivity index (χ2n) is 4.31. The van der Waals surface area contributed by atoms with E-state index in [4.69, 9.17) is 4.74 Å². The summed E-state index contributed by atoms with van der Waals surface area (Å²) >= 11 is 2.25. The first-order valence-corrected chi connectivity index (χ1v) is 5.99. The minimum Gasteiger partial charge on any atom is -0.444 e. The van der Waals surface area contributed by atoms with Crippen molar-refractivity contribution in [3.05, 3.63) is 0 Å². The van der Waals surface area contributed by atoms with Gasteiger partial charge in [0.2, 0.25) is 0 Å². The molecule has 1 N–H and O–H groups in total. The number of amides is 1. The average molecular weight is 312 g/mol. The van der Waals surface area contributed by atoms with E-state index in [9.17, 15) is 4.79 Å². The quantitative estimate of drug-likeness (QED) is 0.420. The number of rotatable bonds is 0. The van der Waals surface area contributed by atoms with E-state index in [1.54, 1.807) is 4.90 Å². The van der Waals surface area contributed by atoms with Gasteiger partial charge in [-0.3, -0.25) is 4.90 Å². The number of carbonyl (C=O) groups excluding carboxylic acids is 1. The minimum atomic E-state index is -0.404. The van der Waals surface area contributed by atoms with Crippen LogP contribution in [0.1, 0.15) is 20.8 Å². The maximum atomic E-state index is 11.7. The van der Waals surface area contributed by atoms with E-state index >= 15 is 0 Å². The maximum Gasteiger partial charge on any atom is 0.411 e. The first kappa shape index (κ1) is 12.0. The molecule has 1 aliphatic heterocycles. The second kappa shape index (κ2) is 4.65. The van der Waals surface area contributed by atoms with Gasteiger partial charge in [0.25, 0.3) is 0 Å². The molecule has 1 fully saturated rings. The Morgan fingerprint density at radius 1 is 1.57 bits per heavy atom. The third-order valence-corrected chi connectivity index (χ3v) is 2.92. The average Bonchev–Trinajstić information content (AvgIpc) is 2.01. The van der Waals surface area contributed by atoms with Crippen LogP contribution in [0.15, 0.2) is 0 Å². The summed E-state index contributed by atoms with van der Waals surface area (Å²) in [6, 6.07) is 0. The molecular weight excluding hydrogens is 295 g/mol. The first-order valence-electron chi connectivity index (χ1n) is 4.74. The summed E-state index contributed by atoms with van der Waals surface area (Å²) in [5.41, 5.74) is -0.404. The molecule has 0 bridgehead atoms. The lowest BCUT2D eigenvalue weighted by Gasteiger charge is -2.34. The zero-order chi connectivity index (χ0) is 10.8. The van der Waals surface area contributed by atoms with E-state index in [0.717, 1.165) is 19.6 Å². The summed E-state index contributed by atoms with van der Waals surface area (Å²) in [6.45, 7) is 8.06. The van der Waals surface area contributed by atoms with Gasteiger partial charge >= 0.3 is 6.09 Å². The van der Waals surface area contributed by atoms with Gasteiger partial charge in [0, 0.05) is 19.6 Å². The standard InChI is InChI=1S/C9H17IN2O2/c1-9(2,3)14-8(13)12-5-4-11-6-7(12)10/h7,11H,4-6H2,1-3H3/t7-/m1/s1. The highest BCUT2D eigenvalue weighted by molar-refractivity contribution is 14.1. The van der Waals surface area contributed by atoms with Crippen molar-refractivity contribution in [3.63, 3.8) is 0 Å². The molecule has 1 saturated heterocycles. The lowest BCUT2D eigenvalue weighted by atomic mass is 10.2. The Hall–Kier alpha value is -0.0400. The lowest BCUT2D eigenvalue weighted by molar-refractivity contribution is 0.0214. The Balaban J connectivity index is 2.50. The summed E-state index contributed by atoms with van der Waals surface area (Å²) in [5.74, 6) is 0. The number of alkyl halides is 1. The molecule has 0 aromatic heterocycles. The van der Waals surface area contributed by atoms with Crippen molar-refractivity contribution in [2.45, 2.75) is 30.4 Å². The minimum absolute atomic E-state index is 0.191. The van der Waals surface area contributed by atoms with Gasteiger partial charge in [-0.1, -0.05) is 22.6 Å². The number of ether oxygens (including phenoxy) is 1. The van der Waals surface area contributed by atoms with E-state index < -0.39 is 5.60 Å². The zero-order valence-corrected chi connectivity index (χ0v) is 11.0. The number of carbonyl (C=O) groups is 1. The Kier molecular flexibility index (Phi) is 4.00. The van der Waals surface area contributed by atoms with Crippen LogP contribution in [0.5, 0.6) is 0 Å². The second-order valence-corrected chi connectivity index (χ2v) is 5.75. The van der Waals surface area contributed by atoms with E-state index in [0.29, 0.717) is 0 Å². The van der Waals surface area contributed by atoms with E-state index in [1.165, 1.54) is 0 Å². The van der Waals surface area contributed by atoms with Crippen molar-refractivity contribution in [3.8, 4) is 0 Å². The molecule has 1 aliphatic rings. The van der Waals surface area contributed by atoms with Gasteiger partial charge in [0.1, 0.15) is 5.60 Å². The van der Waals surface area contributed by atoms with Crippen LogP contribution < -0.4 is 5.32 Å². The number of nitrogens with one attached hydrogen (secondary N) is 1. The first-order chi connectivity index (χ1) is 6.40. The van der Waals surface area contributed by atoms with Crippen LogP contribution in [0.3, 0.4) is 0 Å². The van der Waals surface area contributed by atoms with Crippen molar-refractivity contribution < 1.29 is 9.53 Å². The fourth-order valence-electron chi connectivity index (χ4n) is 1.20. The number of hydrogen-bond donors (Lipinski definition) is 1. The van der Waals surface area contributed by atoms with Crippen LogP contribution in [0, 0.1) is 0 Å². The van der Waals surface area contributed by atoms with E-state index in [2.05, 4.69) is 27.9 Å². The Labute approximate surface area is 98.5 Å². The van der Waals surface area contributed by atoms with Crippen molar-refractivity contribution >= 4 is 28.7 Å². The zero-order valence-electron chi connectivity index (χ0n) is 8.84. The van der Waals surface area contributed by atoms with E-state index in [1.807, 2.05) is 20.8 Å². The Morgan fingerprint density at radius 3 is 2.71 bits per heavy atom. The molecule has 1 atom stereocenters. The fraction of sp³-hybridized carbons (Fsp3) is 0.889. The number of piperazine rings is 1. The molecule has 0 unspecified atom stereocenters. The van der Waals surface area contributed by atoms with Gasteiger partial charge in [0.05, 0.1) is 4.05 Å². The molecule has 82 valence electrons. The summed E-state index contributed by atoms with van der Waals surface area (Å²) in [5, 5.41) is 3.23. The topological polar surface area (TPSA) is 41.6 Å². The number of nitrogens with zero attached hydrogens (tertiary/aromatic N) is 1. The van der Waals surface area contributed by atoms with Crippen LogP contribution in [-0.2, 0) is 4.74 Å². The monoisotopic (exact) mass is 312 g/mol. The third kappa shape index (κ3) is 3.61. The van der Waals surface area contributed by atoms with Crippen LogP contribution in [-0.4, -0.2) is 40.3 Å². The van der Waals surface area contributed by atoms with Gasteiger partial charge in [-0.2, -0.15) is 0 Å². The third-order valence-electron chi connectivity index (χ3n) is 1.81. The molecule has 0 aromatic carbocycles. The van der Waals surface area contributed by atoms with Crippen LogP contribution >= 0.6 is 22.6 Å². The van der Waals surface area contributed by atoms with Gasteiger partial charge < -0.3 is 10.1 Å². The predicted octanol–water partition coefficient (Wildman–Crippen LogP) is 1.59. The fourth-order valence-corrected chi connectivity index (χ4v) is 2.01. The SMILES string of the molecule is CC(C)(C)OC(=O)N1CCNC[C@@H]1I.